The number of hydrogen-bond donors (Lipinski definition) is 6. The second-order valence-electron chi connectivity index (χ2n) is 38.3. The van der Waals surface area contributed by atoms with Crippen LogP contribution in [0.5, 0.6) is 0 Å². The van der Waals surface area contributed by atoms with Crippen molar-refractivity contribution in [1.82, 2.24) is 60.3 Å². The van der Waals surface area contributed by atoms with E-state index < -0.39 is 92.7 Å². The molecule has 0 saturated carbocycles. The molecule has 3 saturated heterocycles. The van der Waals surface area contributed by atoms with E-state index in [9.17, 15) is 72.9 Å². The number of carbonyl (C=O) groups excluding carboxylic acids is 10. The third-order valence-corrected chi connectivity index (χ3v) is 34.3. The number of aromatic carboxylic acids is 2. The van der Waals surface area contributed by atoms with E-state index in [2.05, 4.69) is 103 Å². The van der Waals surface area contributed by atoms with E-state index in [0.717, 1.165) is 187 Å². The molecule has 140 heavy (non-hydrogen) atoms. The summed E-state index contributed by atoms with van der Waals surface area (Å²) in [5.74, 6) is -5.80. The Morgan fingerprint density at radius 1 is 0.450 bits per heavy atom. The number of nitrogens with zero attached hydrogens (tertiary/aromatic N) is 9. The van der Waals surface area contributed by atoms with Crippen LogP contribution in [-0.4, -0.2) is 287 Å². The number of esters is 4. The molecule has 3 fully saturated rings. The Bertz CT molecular complexity index is 4110. The van der Waals surface area contributed by atoms with Crippen molar-refractivity contribution < 1.29 is 130 Å². The summed E-state index contributed by atoms with van der Waals surface area (Å²) in [5, 5.41) is 45.0. The first-order chi connectivity index (χ1) is 65.5. The van der Waals surface area contributed by atoms with Crippen LogP contribution in [0.15, 0.2) is 16.1 Å². The number of rotatable bonds is 57. The average molecular weight is 2040 g/mol. The second-order valence-corrected chi connectivity index (χ2v) is 45.6. The molecular formula is C100H175LiN12O23S3Si. The minimum atomic E-state index is -2.13. The maximum absolute atomic E-state index is 14.8. The predicted octanol–water partition coefficient (Wildman–Crippen LogP) is 13.5. The van der Waals surface area contributed by atoms with Gasteiger partial charge in [0.1, 0.15) is 59.4 Å². The molecule has 6 rings (SSSR count). The molecule has 3 aromatic heterocycles. The summed E-state index contributed by atoms with van der Waals surface area (Å²) < 4.78 is 40.0. The van der Waals surface area contributed by atoms with E-state index in [0.29, 0.717) is 49.1 Å². The smallest absolute Gasteiger partial charge is 0.870 e. The first-order valence-corrected chi connectivity index (χ1v) is 55.9. The fourth-order valence-electron chi connectivity index (χ4n) is 17.2. The number of unbranched alkanes of at least 4 members (excludes halogenated alkanes) is 6. The Hall–Kier alpha value is -6.82. The van der Waals surface area contributed by atoms with Crippen molar-refractivity contribution in [3.63, 3.8) is 0 Å². The van der Waals surface area contributed by atoms with Gasteiger partial charge in [-0.1, -0.05) is 202 Å². The number of hydrogen-bond acceptors (Lipinski definition) is 30. The summed E-state index contributed by atoms with van der Waals surface area (Å²) in [4.78, 5) is 175. The van der Waals surface area contributed by atoms with Crippen molar-refractivity contribution in [2.45, 2.75) is 390 Å². The Labute approximate surface area is 860 Å². The van der Waals surface area contributed by atoms with Crippen LogP contribution < -0.4 is 34.8 Å². The molecule has 0 bridgehead atoms. The van der Waals surface area contributed by atoms with Gasteiger partial charge >= 0.3 is 54.7 Å². The van der Waals surface area contributed by atoms with Crippen LogP contribution in [0.1, 0.15) is 364 Å². The molecule has 40 heteroatoms. The molecule has 3 aliphatic rings. The van der Waals surface area contributed by atoms with Gasteiger partial charge in [0.25, 0.3) is 0 Å². The van der Waals surface area contributed by atoms with Crippen LogP contribution >= 0.6 is 34.0 Å². The number of aliphatic hydroxyl groups excluding tert-OH is 1. The maximum atomic E-state index is 14.8. The molecule has 6 amide bonds. The van der Waals surface area contributed by atoms with Crippen molar-refractivity contribution in [3.8, 4) is 0 Å². The molecule has 3 aliphatic heterocycles. The summed E-state index contributed by atoms with van der Waals surface area (Å²) in [6.07, 6.45) is 18.0. The van der Waals surface area contributed by atoms with E-state index in [4.69, 9.17) is 33.1 Å². The summed E-state index contributed by atoms with van der Waals surface area (Å²) in [5.41, 5.74) is 0.0283. The maximum Gasteiger partial charge on any atom is 1.00 e. The number of ether oxygens (including phenoxy) is 6. The zero-order chi connectivity index (χ0) is 104. The van der Waals surface area contributed by atoms with E-state index in [1.165, 1.54) is 50.0 Å². The van der Waals surface area contributed by atoms with Gasteiger partial charge < -0.3 is 84.3 Å². The number of nitrogens with one attached hydrogen (secondary N) is 3. The first-order valence-electron chi connectivity index (χ1n) is 50.8. The SMILES string of the molecule is CC(=O)OC(C)=O.CCCCCOCN(C(=O)[C@@H](NC(=O)C1CCCCN1C)C(C)CC)[C@H](C[C@@H](O)c1nc(C(=O)O)cs1)C(C)C.CCCCCOCN(C(=O)[C@@H](NC(=O)C1CCCCN1C)C(C)CC)[C@H](C[C@@H](OC(C)=O)c1nc(C(=O)O)cs1)C(C)C.CCCCCOCN(C(=O)[C@@H](NC(=O)C1CCCCN1C)C(C)CC)[C@H](C[C@@H](O[Si](CC)(CC)CC)c1nc(C(=O)OC)cs1)C(C)C.[Li+].[OH-]. The first kappa shape index (κ1) is 131. The summed E-state index contributed by atoms with van der Waals surface area (Å²) in [7, 11) is 5.11. The van der Waals surface area contributed by atoms with Crippen LogP contribution in [0.4, 0.5) is 0 Å². The molecule has 6 unspecified atom stereocenters. The van der Waals surface area contributed by atoms with Gasteiger partial charge in [-0.25, -0.2) is 29.3 Å². The number of carboxylic acids is 2. The number of likely N-dealkylation sites (N-methyl/N-ethyl adjacent to an activating group) is 3. The molecule has 0 aliphatic carbocycles. The van der Waals surface area contributed by atoms with Crippen molar-refractivity contribution >= 4 is 114 Å². The number of carbonyl (C=O) groups is 12. The molecule has 3 aromatic rings. The van der Waals surface area contributed by atoms with Gasteiger partial charge in [0.15, 0.2) is 31.5 Å². The van der Waals surface area contributed by atoms with Gasteiger partial charge in [0.05, 0.1) is 31.3 Å². The number of aliphatic hydroxyl groups is 1. The largest absolute Gasteiger partial charge is 1.00 e. The van der Waals surface area contributed by atoms with Crippen molar-refractivity contribution in [3.05, 3.63) is 48.2 Å². The molecule has 6 heterocycles. The number of methoxy groups -OCH3 is 1. The topological polar surface area (TPSA) is 454 Å². The zero-order valence-electron chi connectivity index (χ0n) is 89.4. The van der Waals surface area contributed by atoms with Gasteiger partial charge in [-0.15, -0.1) is 34.0 Å². The predicted molar refractivity (Wildman–Crippen MR) is 543 cm³/mol. The fraction of sp³-hybridized carbons (Fsp3) is 0.790. The summed E-state index contributed by atoms with van der Waals surface area (Å²) >= 11 is 3.59. The Kier molecular flexibility index (Phi) is 65.7. The molecule has 7 N–H and O–H groups in total. The number of thiazole rings is 3. The normalized spacial score (nSPS) is 17.8. The van der Waals surface area contributed by atoms with Crippen molar-refractivity contribution in [2.24, 2.45) is 35.5 Å². The Morgan fingerprint density at radius 3 is 1.04 bits per heavy atom. The molecule has 0 radical (unpaired) electrons. The molecule has 15 atom stereocenters. The van der Waals surface area contributed by atoms with Gasteiger partial charge in [-0.3, -0.25) is 57.9 Å². The van der Waals surface area contributed by atoms with E-state index >= 15 is 0 Å². The molecular weight excluding hydrogens is 1870 g/mol. The van der Waals surface area contributed by atoms with E-state index in [-0.39, 0.29) is 170 Å². The number of amides is 6. The number of carboxylic acid groups (broad SMARTS) is 2. The monoisotopic (exact) mass is 2040 g/mol. The van der Waals surface area contributed by atoms with E-state index in [1.807, 2.05) is 93.3 Å². The zero-order valence-corrected chi connectivity index (χ0v) is 92.8. The number of piperidine rings is 3. The van der Waals surface area contributed by atoms with Gasteiger partial charge in [0, 0.05) is 87.7 Å². The van der Waals surface area contributed by atoms with Crippen LogP contribution in [0.2, 0.25) is 18.1 Å². The quantitative estimate of drug-likeness (QED) is 0.00763. The fourth-order valence-corrected chi connectivity index (χ4v) is 22.6. The van der Waals surface area contributed by atoms with Crippen LogP contribution in [0.3, 0.4) is 0 Å². The average Bonchev–Trinajstić information content (AvgIpc) is 1.20. The van der Waals surface area contributed by atoms with Crippen LogP contribution in [0.25, 0.3) is 0 Å². The Morgan fingerprint density at radius 2 is 0.757 bits per heavy atom. The van der Waals surface area contributed by atoms with Crippen molar-refractivity contribution in [1.29, 1.82) is 0 Å². The van der Waals surface area contributed by atoms with Crippen LogP contribution in [0, 0.1) is 35.5 Å². The molecule has 796 valence electrons. The number of likely N-dealkylation sites (tertiary alicyclic amines) is 3. The third-order valence-electron chi connectivity index (χ3n) is 26.8. The third kappa shape index (κ3) is 44.2. The molecule has 0 spiro atoms. The van der Waals surface area contributed by atoms with Crippen LogP contribution in [-0.2, 0) is 76.0 Å². The minimum absolute atomic E-state index is 0. The van der Waals surface area contributed by atoms with Gasteiger partial charge in [-0.2, -0.15) is 0 Å². The number of aromatic nitrogens is 3. The second kappa shape index (κ2) is 70.1. The summed E-state index contributed by atoms with van der Waals surface area (Å²) in [6.45, 7) is 45.1. The standard InChI is InChI=1S/C36H66N4O6SSi.C31H52N4O7S.C29H50N4O6S.C4H6O3.Li.H2O/c1-11-16-19-22-45-25-40(35(42)32(27(8)12-2)38-33(41)29-20-17-18-21-39(29)9)30(26(6)7)23-31(46-48(13-3,14-4)15-5)34-37-28(24-47-34)36(43)44-10;1-8-10-13-16-41-19-35(30(38)27(21(5)9-2)33-28(37)24-14-11-12-15-34(24)7)25(20(3)4)17-26(42-22(6)36)29-32-23(18-43-29)31(39)40;1-7-9-12-15-39-18-33(23(19(3)4)16-24(34)27-30-21(17-40-27)29(37)38)28(36)25(20(5)8-2)31-26(35)22-13-10-11-14-32(22)6;1-3(5)7-4(2)6;;/h24,26-27,29-32H,11-23,25H2,1-10H3,(H,38,41);18,20-21,24-27H,8-17,19H2,1-7H3,(H,33,37)(H,39,40);17,19-20,22-25,34H,7-16,18H2,1-6H3,(H,31,35)(H,37,38);1-2H3;;1H2/q;;;;+1;/p-1/t27?,29?,30-,31-,32+;21?,24?,25-,26-,27+;20?,22?,23-,24-,25+;;;/m111.../s1. The van der Waals surface area contributed by atoms with Gasteiger partial charge in [0.2, 0.25) is 35.4 Å². The Balaban J connectivity index is 0.00000101. The molecule has 0 aromatic carbocycles. The van der Waals surface area contributed by atoms with E-state index in [1.54, 1.807) is 15.2 Å². The van der Waals surface area contributed by atoms with Gasteiger partial charge in [-0.05, 0) is 159 Å². The minimum Gasteiger partial charge on any atom is -0.870 e. The summed E-state index contributed by atoms with van der Waals surface area (Å²) in [6, 6.07) is -1.24. The molecule has 35 nitrogen and oxygen atoms in total. The van der Waals surface area contributed by atoms with Crippen molar-refractivity contribution in [2.75, 3.05) is 87.9 Å².